The van der Waals surface area contributed by atoms with Gasteiger partial charge in [0.05, 0.1) is 0 Å². The predicted molar refractivity (Wildman–Crippen MR) is 83.8 cm³/mol. The number of piperidine rings is 1. The molecule has 22 heavy (non-hydrogen) atoms. The maximum Gasteiger partial charge on any atom is 0.276 e. The molecule has 1 aliphatic heterocycles. The molecule has 2 N–H and O–H groups in total. The number of nitrogens with two attached hydrogens (primary N) is 1. The Morgan fingerprint density at radius 2 is 2.05 bits per heavy atom. The Morgan fingerprint density at radius 3 is 2.68 bits per heavy atom. The van der Waals surface area contributed by atoms with Gasteiger partial charge in [0.1, 0.15) is 11.8 Å². The molecule has 0 atom stereocenters. The van der Waals surface area contributed by atoms with Gasteiger partial charge in [0.15, 0.2) is 5.82 Å². The summed E-state index contributed by atoms with van der Waals surface area (Å²) >= 11 is 0. The highest BCUT2D eigenvalue weighted by Gasteiger charge is 2.28. The van der Waals surface area contributed by atoms with Crippen LogP contribution in [0.2, 0.25) is 0 Å². The number of aromatic nitrogens is 3. The minimum Gasteiger partial charge on any atom is -0.355 e. The van der Waals surface area contributed by atoms with Crippen molar-refractivity contribution >= 4 is 21.5 Å². The molecule has 3 rings (SSSR count). The zero-order valence-electron chi connectivity index (χ0n) is 12.7. The molecule has 0 unspecified atom stereocenters. The maximum absolute atomic E-state index is 11.4. The molecular formula is C13H20N6O2S. The normalized spacial score (nSPS) is 17.5. The van der Waals surface area contributed by atoms with E-state index in [1.807, 2.05) is 23.7 Å². The molecule has 8 nitrogen and oxygen atoms in total. The fourth-order valence-corrected chi connectivity index (χ4v) is 3.60. The van der Waals surface area contributed by atoms with Gasteiger partial charge in [0.25, 0.3) is 10.2 Å². The predicted octanol–water partition coefficient (Wildman–Crippen LogP) is 0.142. The van der Waals surface area contributed by atoms with E-state index in [-0.39, 0.29) is 6.04 Å². The number of nitrogens with zero attached hydrogens (tertiary/aromatic N) is 5. The lowest BCUT2D eigenvalue weighted by Gasteiger charge is -2.36. The third-order valence-corrected chi connectivity index (χ3v) is 5.42. The molecule has 0 aromatic carbocycles. The molecular weight excluding hydrogens is 304 g/mol. The van der Waals surface area contributed by atoms with Crippen LogP contribution in [-0.2, 0) is 10.2 Å². The van der Waals surface area contributed by atoms with Crippen molar-refractivity contribution in [1.29, 1.82) is 0 Å². The second-order valence-electron chi connectivity index (χ2n) is 5.65. The summed E-state index contributed by atoms with van der Waals surface area (Å²) in [6, 6.07) is 1.95. The molecule has 0 radical (unpaired) electrons. The minimum atomic E-state index is -3.63. The number of anilines is 1. The second kappa shape index (κ2) is 5.49. The molecule has 1 saturated heterocycles. The van der Waals surface area contributed by atoms with Crippen LogP contribution in [0.15, 0.2) is 18.6 Å². The summed E-state index contributed by atoms with van der Waals surface area (Å²) in [5.74, 6) is 0.897. The summed E-state index contributed by atoms with van der Waals surface area (Å²) < 4.78 is 26.0. The zero-order chi connectivity index (χ0) is 15.9. The number of aryl methyl sites for hydroxylation is 1. The van der Waals surface area contributed by atoms with E-state index in [1.165, 1.54) is 11.4 Å². The SMILES string of the molecule is Cc1ccn2ncnc(N3CCC(N(C)S(N)(=O)=O)CC3)c12. The van der Waals surface area contributed by atoms with Gasteiger partial charge in [-0.05, 0) is 31.4 Å². The molecule has 0 aliphatic carbocycles. The highest BCUT2D eigenvalue weighted by molar-refractivity contribution is 7.86. The van der Waals surface area contributed by atoms with Crippen LogP contribution in [0.1, 0.15) is 18.4 Å². The van der Waals surface area contributed by atoms with Gasteiger partial charge >= 0.3 is 0 Å². The van der Waals surface area contributed by atoms with Gasteiger partial charge in [-0.25, -0.2) is 14.6 Å². The first-order valence-electron chi connectivity index (χ1n) is 7.17. The summed E-state index contributed by atoms with van der Waals surface area (Å²) in [4.78, 5) is 6.60. The fraction of sp³-hybridized carbons (Fsp3) is 0.538. The Morgan fingerprint density at radius 1 is 1.36 bits per heavy atom. The fourth-order valence-electron chi connectivity index (χ4n) is 2.97. The zero-order valence-corrected chi connectivity index (χ0v) is 13.5. The molecule has 1 aliphatic rings. The van der Waals surface area contributed by atoms with Crippen LogP contribution >= 0.6 is 0 Å². The highest BCUT2D eigenvalue weighted by Crippen LogP contribution is 2.26. The van der Waals surface area contributed by atoms with Crippen molar-refractivity contribution < 1.29 is 8.42 Å². The lowest BCUT2D eigenvalue weighted by molar-refractivity contribution is 0.312. The van der Waals surface area contributed by atoms with Gasteiger partial charge in [0, 0.05) is 32.4 Å². The van der Waals surface area contributed by atoms with Gasteiger partial charge in [-0.15, -0.1) is 0 Å². The van der Waals surface area contributed by atoms with E-state index >= 15 is 0 Å². The van der Waals surface area contributed by atoms with E-state index in [0.29, 0.717) is 0 Å². The largest absolute Gasteiger partial charge is 0.355 e. The number of hydrogen-bond donors (Lipinski definition) is 1. The molecule has 2 aromatic heterocycles. The maximum atomic E-state index is 11.4. The van der Waals surface area contributed by atoms with Crippen LogP contribution in [0, 0.1) is 6.92 Å². The van der Waals surface area contributed by atoms with Gasteiger partial charge < -0.3 is 4.90 Å². The van der Waals surface area contributed by atoms with Crippen molar-refractivity contribution in [3.05, 3.63) is 24.2 Å². The van der Waals surface area contributed by atoms with Crippen molar-refractivity contribution in [2.75, 3.05) is 25.0 Å². The van der Waals surface area contributed by atoms with Crippen molar-refractivity contribution in [3.63, 3.8) is 0 Å². The first kappa shape index (κ1) is 15.2. The van der Waals surface area contributed by atoms with Crippen molar-refractivity contribution in [2.45, 2.75) is 25.8 Å². The van der Waals surface area contributed by atoms with Gasteiger partial charge in [-0.3, -0.25) is 0 Å². The van der Waals surface area contributed by atoms with E-state index in [2.05, 4.69) is 15.0 Å². The first-order chi connectivity index (χ1) is 10.4. The first-order valence-corrected chi connectivity index (χ1v) is 8.68. The highest BCUT2D eigenvalue weighted by atomic mass is 32.2. The van der Waals surface area contributed by atoms with Crippen LogP contribution in [0.4, 0.5) is 5.82 Å². The van der Waals surface area contributed by atoms with Gasteiger partial charge in [0.2, 0.25) is 0 Å². The third kappa shape index (κ3) is 2.67. The summed E-state index contributed by atoms with van der Waals surface area (Å²) in [6.07, 6.45) is 4.91. The lowest BCUT2D eigenvalue weighted by Crippen LogP contribution is -2.47. The van der Waals surface area contributed by atoms with E-state index in [4.69, 9.17) is 5.14 Å². The van der Waals surface area contributed by atoms with E-state index in [9.17, 15) is 8.42 Å². The molecule has 0 bridgehead atoms. The Kier molecular flexibility index (Phi) is 3.79. The van der Waals surface area contributed by atoms with E-state index in [1.54, 1.807) is 6.33 Å². The van der Waals surface area contributed by atoms with Crippen molar-refractivity contribution in [1.82, 2.24) is 18.9 Å². The van der Waals surface area contributed by atoms with Crippen molar-refractivity contribution in [2.24, 2.45) is 5.14 Å². The lowest BCUT2D eigenvalue weighted by atomic mass is 10.1. The minimum absolute atomic E-state index is 0.0583. The average Bonchev–Trinajstić information content (AvgIpc) is 2.87. The Balaban J connectivity index is 1.80. The van der Waals surface area contributed by atoms with E-state index < -0.39 is 10.2 Å². The smallest absolute Gasteiger partial charge is 0.276 e. The van der Waals surface area contributed by atoms with Crippen LogP contribution in [0.3, 0.4) is 0 Å². The molecule has 0 spiro atoms. The molecule has 1 fully saturated rings. The third-order valence-electron chi connectivity index (χ3n) is 4.32. The molecule has 120 valence electrons. The standard InChI is InChI=1S/C13H20N6O2S/c1-10-3-8-19-12(10)13(15-9-16-19)18-6-4-11(5-7-18)17(2)22(14,20)21/h3,8-9,11H,4-7H2,1-2H3,(H2,14,20,21). The second-order valence-corrected chi connectivity index (χ2v) is 7.26. The quantitative estimate of drug-likeness (QED) is 0.866. The molecule has 3 heterocycles. The van der Waals surface area contributed by atoms with Gasteiger partial charge in [-0.2, -0.15) is 17.8 Å². The van der Waals surface area contributed by atoms with Crippen LogP contribution < -0.4 is 10.0 Å². The van der Waals surface area contributed by atoms with E-state index in [0.717, 1.165) is 42.8 Å². The number of fused-ring (bicyclic) bond motifs is 1. The Hall–Kier alpha value is -1.71. The summed E-state index contributed by atoms with van der Waals surface area (Å²) in [7, 11) is -2.09. The molecule has 0 amide bonds. The molecule has 9 heteroatoms. The van der Waals surface area contributed by atoms with Crippen LogP contribution in [0.5, 0.6) is 0 Å². The number of rotatable bonds is 3. The Labute approximate surface area is 129 Å². The van der Waals surface area contributed by atoms with Crippen LogP contribution in [0.25, 0.3) is 5.52 Å². The monoisotopic (exact) mass is 324 g/mol. The topological polar surface area (TPSA) is 96.8 Å². The summed E-state index contributed by atoms with van der Waals surface area (Å²) in [5.41, 5.74) is 2.13. The molecule has 0 saturated carbocycles. The van der Waals surface area contributed by atoms with Crippen molar-refractivity contribution in [3.8, 4) is 0 Å². The summed E-state index contributed by atoms with van der Waals surface area (Å²) in [6.45, 7) is 3.51. The van der Waals surface area contributed by atoms with Crippen LogP contribution in [-0.4, -0.2) is 53.5 Å². The Bertz CT molecular complexity index is 779. The average molecular weight is 324 g/mol. The van der Waals surface area contributed by atoms with Gasteiger partial charge in [-0.1, -0.05) is 0 Å². The molecule has 2 aromatic rings. The summed E-state index contributed by atoms with van der Waals surface area (Å²) in [5, 5.41) is 9.40. The number of hydrogen-bond acceptors (Lipinski definition) is 5.